The molecule has 0 fully saturated rings. The van der Waals surface area contributed by atoms with E-state index in [1.807, 2.05) is 38.1 Å². The summed E-state index contributed by atoms with van der Waals surface area (Å²) in [4.78, 5) is 16.1. The highest BCUT2D eigenvalue weighted by molar-refractivity contribution is 5.95. The van der Waals surface area contributed by atoms with E-state index >= 15 is 0 Å². The van der Waals surface area contributed by atoms with E-state index in [4.69, 9.17) is 10.2 Å². The molecule has 1 amide bonds. The third-order valence-corrected chi connectivity index (χ3v) is 2.93. The lowest BCUT2D eigenvalue weighted by molar-refractivity contribution is -0.117. The summed E-state index contributed by atoms with van der Waals surface area (Å²) in [7, 11) is 0. The molecular weight excluding hydrogens is 290 g/mol. The molecule has 1 aromatic heterocycles. The SMILES string of the molecule is CCCC(N)C(=O)Nc1cccc(-c2nc(C)co2)c1.Cl. The predicted molar refractivity (Wildman–Crippen MR) is 85.4 cm³/mol. The fraction of sp³-hybridized carbons (Fsp3) is 0.333. The zero-order chi connectivity index (χ0) is 14.5. The maximum absolute atomic E-state index is 11.9. The number of oxazole rings is 1. The van der Waals surface area contributed by atoms with E-state index in [-0.39, 0.29) is 18.3 Å². The van der Waals surface area contributed by atoms with Gasteiger partial charge in [0, 0.05) is 11.3 Å². The van der Waals surface area contributed by atoms with Crippen LogP contribution in [0.1, 0.15) is 25.5 Å². The molecule has 2 rings (SSSR count). The van der Waals surface area contributed by atoms with Gasteiger partial charge in [0.15, 0.2) is 0 Å². The number of aryl methyl sites for hydroxylation is 1. The van der Waals surface area contributed by atoms with Crippen molar-refractivity contribution in [2.24, 2.45) is 5.73 Å². The van der Waals surface area contributed by atoms with E-state index in [1.165, 1.54) is 0 Å². The lowest BCUT2D eigenvalue weighted by Gasteiger charge is -2.11. The smallest absolute Gasteiger partial charge is 0.241 e. The fourth-order valence-electron chi connectivity index (χ4n) is 1.89. The molecule has 1 aromatic carbocycles. The van der Waals surface area contributed by atoms with Crippen molar-refractivity contribution in [3.63, 3.8) is 0 Å². The van der Waals surface area contributed by atoms with E-state index in [9.17, 15) is 4.79 Å². The van der Waals surface area contributed by atoms with Gasteiger partial charge in [0.2, 0.25) is 11.8 Å². The Bertz CT molecular complexity index is 598. The predicted octanol–water partition coefficient (Wildman–Crippen LogP) is 3.14. The molecule has 1 atom stereocenters. The van der Waals surface area contributed by atoms with Gasteiger partial charge in [-0.3, -0.25) is 4.79 Å². The van der Waals surface area contributed by atoms with Gasteiger partial charge in [-0.25, -0.2) is 4.98 Å². The van der Waals surface area contributed by atoms with Crippen LogP contribution in [0.5, 0.6) is 0 Å². The standard InChI is InChI=1S/C15H19N3O2.ClH/c1-3-5-13(16)14(19)18-12-7-4-6-11(8-12)15-17-10(2)9-20-15;/h4,6-9,13H,3,5,16H2,1-2H3,(H,18,19);1H. The zero-order valence-electron chi connectivity index (χ0n) is 12.1. The van der Waals surface area contributed by atoms with Crippen molar-refractivity contribution in [1.82, 2.24) is 4.98 Å². The topological polar surface area (TPSA) is 81.2 Å². The van der Waals surface area contributed by atoms with E-state index in [1.54, 1.807) is 6.26 Å². The average Bonchev–Trinajstić information content (AvgIpc) is 2.86. The molecule has 0 radical (unpaired) electrons. The van der Waals surface area contributed by atoms with E-state index < -0.39 is 6.04 Å². The molecule has 5 nitrogen and oxygen atoms in total. The Morgan fingerprint density at radius 1 is 1.48 bits per heavy atom. The molecule has 3 N–H and O–H groups in total. The zero-order valence-corrected chi connectivity index (χ0v) is 12.9. The van der Waals surface area contributed by atoms with Gasteiger partial charge in [0.1, 0.15) is 6.26 Å². The molecule has 21 heavy (non-hydrogen) atoms. The van der Waals surface area contributed by atoms with Gasteiger partial charge in [-0.05, 0) is 31.5 Å². The van der Waals surface area contributed by atoms with Crippen LogP contribution in [0.15, 0.2) is 34.9 Å². The van der Waals surface area contributed by atoms with Crippen molar-refractivity contribution < 1.29 is 9.21 Å². The summed E-state index contributed by atoms with van der Waals surface area (Å²) < 4.78 is 5.35. The van der Waals surface area contributed by atoms with E-state index in [0.717, 1.165) is 17.7 Å². The van der Waals surface area contributed by atoms with Crippen molar-refractivity contribution in [2.75, 3.05) is 5.32 Å². The van der Waals surface area contributed by atoms with E-state index in [0.29, 0.717) is 18.0 Å². The number of hydrogen-bond acceptors (Lipinski definition) is 4. The van der Waals surface area contributed by atoms with E-state index in [2.05, 4.69) is 10.3 Å². The van der Waals surface area contributed by atoms with Gasteiger partial charge >= 0.3 is 0 Å². The molecule has 1 heterocycles. The van der Waals surface area contributed by atoms with Crippen LogP contribution in [0.25, 0.3) is 11.5 Å². The first-order valence-corrected chi connectivity index (χ1v) is 6.69. The maximum Gasteiger partial charge on any atom is 0.241 e. The summed E-state index contributed by atoms with van der Waals surface area (Å²) >= 11 is 0. The third-order valence-electron chi connectivity index (χ3n) is 2.93. The molecule has 0 bridgehead atoms. The van der Waals surface area contributed by atoms with Crippen LogP contribution < -0.4 is 11.1 Å². The molecule has 6 heteroatoms. The number of hydrogen-bond donors (Lipinski definition) is 2. The number of nitrogens with one attached hydrogen (secondary N) is 1. The third kappa shape index (κ3) is 4.58. The Morgan fingerprint density at radius 2 is 2.24 bits per heavy atom. The second-order valence-electron chi connectivity index (χ2n) is 4.76. The molecule has 0 saturated heterocycles. The molecule has 2 aromatic rings. The number of carbonyl (C=O) groups excluding carboxylic acids is 1. The fourth-order valence-corrected chi connectivity index (χ4v) is 1.89. The Kier molecular flexibility index (Phi) is 6.39. The number of nitrogens with zero attached hydrogens (tertiary/aromatic N) is 1. The lowest BCUT2D eigenvalue weighted by atomic mass is 10.1. The average molecular weight is 310 g/mol. The number of carbonyl (C=O) groups is 1. The highest BCUT2D eigenvalue weighted by Crippen LogP contribution is 2.22. The van der Waals surface area contributed by atoms with Crippen molar-refractivity contribution >= 4 is 24.0 Å². The van der Waals surface area contributed by atoms with Crippen LogP contribution in [0.3, 0.4) is 0 Å². The van der Waals surface area contributed by atoms with Gasteiger partial charge in [0.05, 0.1) is 11.7 Å². The second kappa shape index (κ2) is 7.81. The number of nitrogens with two attached hydrogens (primary N) is 1. The largest absolute Gasteiger partial charge is 0.444 e. The summed E-state index contributed by atoms with van der Waals surface area (Å²) in [5, 5.41) is 2.81. The van der Waals surface area contributed by atoms with Crippen LogP contribution in [-0.2, 0) is 4.79 Å². The summed E-state index contributed by atoms with van der Waals surface area (Å²) in [5.74, 6) is 0.365. The number of rotatable bonds is 5. The first-order chi connectivity index (χ1) is 9.60. The molecule has 1 unspecified atom stereocenters. The normalized spacial score (nSPS) is 11.6. The number of amides is 1. The van der Waals surface area contributed by atoms with Crippen LogP contribution in [0.2, 0.25) is 0 Å². The van der Waals surface area contributed by atoms with Gasteiger partial charge in [-0.15, -0.1) is 12.4 Å². The Labute approximate surface area is 130 Å². The van der Waals surface area contributed by atoms with Crippen molar-refractivity contribution in [3.8, 4) is 11.5 Å². The Morgan fingerprint density at radius 3 is 2.86 bits per heavy atom. The van der Waals surface area contributed by atoms with Gasteiger partial charge in [0.25, 0.3) is 0 Å². The molecule has 0 aliphatic heterocycles. The minimum Gasteiger partial charge on any atom is -0.444 e. The first-order valence-electron chi connectivity index (χ1n) is 6.69. The minimum atomic E-state index is -0.479. The second-order valence-corrected chi connectivity index (χ2v) is 4.76. The quantitative estimate of drug-likeness (QED) is 0.889. The molecule has 0 aliphatic rings. The number of benzene rings is 1. The van der Waals surface area contributed by atoms with Crippen LogP contribution in [0.4, 0.5) is 5.69 Å². The van der Waals surface area contributed by atoms with Crippen LogP contribution in [-0.4, -0.2) is 16.9 Å². The summed E-state index contributed by atoms with van der Waals surface area (Å²) in [6.45, 7) is 3.86. The molecule has 0 aliphatic carbocycles. The minimum absolute atomic E-state index is 0. The van der Waals surface area contributed by atoms with Crippen LogP contribution >= 0.6 is 12.4 Å². The molecule has 0 spiro atoms. The van der Waals surface area contributed by atoms with Gasteiger partial charge < -0.3 is 15.5 Å². The summed E-state index contributed by atoms with van der Waals surface area (Å²) in [5.41, 5.74) is 8.11. The maximum atomic E-state index is 11.9. The highest BCUT2D eigenvalue weighted by Gasteiger charge is 2.13. The van der Waals surface area contributed by atoms with Gasteiger partial charge in [-0.2, -0.15) is 0 Å². The molecule has 114 valence electrons. The first kappa shape index (κ1) is 17.2. The molecular formula is C15H20ClN3O2. The number of anilines is 1. The summed E-state index contributed by atoms with van der Waals surface area (Å²) in [6, 6.07) is 6.88. The highest BCUT2D eigenvalue weighted by atomic mass is 35.5. The number of aromatic nitrogens is 1. The Hall–Kier alpha value is -1.85. The van der Waals surface area contributed by atoms with Gasteiger partial charge in [-0.1, -0.05) is 19.4 Å². The monoisotopic (exact) mass is 309 g/mol. The summed E-state index contributed by atoms with van der Waals surface area (Å²) in [6.07, 6.45) is 3.15. The lowest BCUT2D eigenvalue weighted by Crippen LogP contribution is -2.35. The Balaban J connectivity index is 0.00000220. The van der Waals surface area contributed by atoms with Crippen molar-refractivity contribution in [3.05, 3.63) is 36.2 Å². The number of halogens is 1. The molecule has 0 saturated carbocycles. The van der Waals surface area contributed by atoms with Crippen molar-refractivity contribution in [2.45, 2.75) is 32.7 Å². The van der Waals surface area contributed by atoms with Crippen LogP contribution in [0, 0.1) is 6.92 Å². The van der Waals surface area contributed by atoms with Crippen molar-refractivity contribution in [1.29, 1.82) is 0 Å².